The molecule has 4 heteroatoms. The van der Waals surface area contributed by atoms with Gasteiger partial charge in [0.1, 0.15) is 5.75 Å². The first kappa shape index (κ1) is 11.4. The van der Waals surface area contributed by atoms with Crippen molar-refractivity contribution in [2.75, 3.05) is 25.1 Å². The molecule has 0 spiro atoms. The highest BCUT2D eigenvalue weighted by Gasteiger charge is 2.17. The number of ether oxygens (including phenoxy) is 1. The molecule has 3 nitrogen and oxygen atoms in total. The van der Waals surface area contributed by atoms with Crippen LogP contribution in [0.15, 0.2) is 12.1 Å². The molecule has 1 aliphatic rings. The fraction of sp³-hybridized carbons (Fsp3) is 0.500. The Balaban J connectivity index is 2.33. The molecular weight excluding hydrogens is 226 g/mol. The van der Waals surface area contributed by atoms with E-state index in [0.29, 0.717) is 10.8 Å². The number of phenolic OH excluding ortho intramolecular Hbond substituents is 1. The van der Waals surface area contributed by atoms with Crippen LogP contribution in [0.25, 0.3) is 0 Å². The van der Waals surface area contributed by atoms with Gasteiger partial charge in [0.25, 0.3) is 0 Å². The third kappa shape index (κ3) is 2.19. The van der Waals surface area contributed by atoms with Gasteiger partial charge in [0.2, 0.25) is 0 Å². The predicted octanol–water partition coefficient (Wildman–Crippen LogP) is 3.04. The van der Waals surface area contributed by atoms with E-state index in [1.807, 2.05) is 6.07 Å². The fourth-order valence-electron chi connectivity index (χ4n) is 2.05. The number of methoxy groups -OCH3 is 1. The first-order valence-corrected chi connectivity index (χ1v) is 5.91. The zero-order valence-corrected chi connectivity index (χ0v) is 10.1. The van der Waals surface area contributed by atoms with Gasteiger partial charge in [-0.1, -0.05) is 11.6 Å². The van der Waals surface area contributed by atoms with Gasteiger partial charge in [-0.25, -0.2) is 0 Å². The Morgan fingerprint density at radius 3 is 2.56 bits per heavy atom. The molecule has 1 aromatic rings. The zero-order chi connectivity index (χ0) is 11.5. The van der Waals surface area contributed by atoms with Crippen molar-refractivity contribution in [2.24, 2.45) is 0 Å². The summed E-state index contributed by atoms with van der Waals surface area (Å²) in [6.07, 6.45) is 3.58. The van der Waals surface area contributed by atoms with E-state index in [-0.39, 0.29) is 5.75 Å². The lowest BCUT2D eigenvalue weighted by Gasteiger charge is -2.29. The summed E-state index contributed by atoms with van der Waals surface area (Å²) in [7, 11) is 1.60. The second-order valence-corrected chi connectivity index (χ2v) is 4.43. The van der Waals surface area contributed by atoms with Gasteiger partial charge in [0.05, 0.1) is 17.8 Å². The molecule has 0 aromatic heterocycles. The molecule has 1 aliphatic heterocycles. The average molecular weight is 242 g/mol. The van der Waals surface area contributed by atoms with Crippen molar-refractivity contribution >= 4 is 17.3 Å². The molecule has 1 aromatic carbocycles. The molecule has 1 saturated heterocycles. The van der Waals surface area contributed by atoms with E-state index >= 15 is 0 Å². The fourth-order valence-corrected chi connectivity index (χ4v) is 2.26. The SMILES string of the molecule is COc1cc(Cl)c(O)c(N2CCCCC2)c1. The number of hydrogen-bond donors (Lipinski definition) is 1. The summed E-state index contributed by atoms with van der Waals surface area (Å²) < 4.78 is 5.16. The van der Waals surface area contributed by atoms with Crippen LogP contribution in [0.5, 0.6) is 11.5 Å². The van der Waals surface area contributed by atoms with Crippen LogP contribution in [0, 0.1) is 0 Å². The van der Waals surface area contributed by atoms with E-state index in [1.54, 1.807) is 13.2 Å². The molecule has 0 radical (unpaired) electrons. The number of piperidine rings is 1. The van der Waals surface area contributed by atoms with Crippen LogP contribution in [-0.4, -0.2) is 25.3 Å². The molecule has 1 N–H and O–H groups in total. The number of halogens is 1. The van der Waals surface area contributed by atoms with Crippen molar-refractivity contribution in [2.45, 2.75) is 19.3 Å². The minimum Gasteiger partial charge on any atom is -0.504 e. The molecule has 16 heavy (non-hydrogen) atoms. The second-order valence-electron chi connectivity index (χ2n) is 4.02. The monoisotopic (exact) mass is 241 g/mol. The highest BCUT2D eigenvalue weighted by atomic mass is 35.5. The van der Waals surface area contributed by atoms with E-state index in [4.69, 9.17) is 16.3 Å². The summed E-state index contributed by atoms with van der Waals surface area (Å²) in [5.74, 6) is 0.841. The highest BCUT2D eigenvalue weighted by Crippen LogP contribution is 2.39. The molecule has 0 bridgehead atoms. The summed E-state index contributed by atoms with van der Waals surface area (Å²) in [6, 6.07) is 3.47. The summed E-state index contributed by atoms with van der Waals surface area (Å²) in [6.45, 7) is 1.94. The van der Waals surface area contributed by atoms with Crippen LogP contribution < -0.4 is 9.64 Å². The van der Waals surface area contributed by atoms with Crippen LogP contribution in [0.4, 0.5) is 5.69 Å². The maximum absolute atomic E-state index is 9.94. The first-order chi connectivity index (χ1) is 7.72. The van der Waals surface area contributed by atoms with Crippen molar-refractivity contribution in [3.63, 3.8) is 0 Å². The van der Waals surface area contributed by atoms with E-state index in [9.17, 15) is 5.11 Å². The average Bonchev–Trinajstić information content (AvgIpc) is 2.33. The molecule has 0 aliphatic carbocycles. The Kier molecular flexibility index (Phi) is 3.44. The Morgan fingerprint density at radius 2 is 1.94 bits per heavy atom. The second kappa shape index (κ2) is 4.83. The van der Waals surface area contributed by atoms with Crippen LogP contribution in [0.1, 0.15) is 19.3 Å². The van der Waals surface area contributed by atoms with E-state index in [0.717, 1.165) is 31.6 Å². The van der Waals surface area contributed by atoms with Gasteiger partial charge in [-0.2, -0.15) is 0 Å². The molecule has 88 valence electrons. The molecule has 0 unspecified atom stereocenters. The van der Waals surface area contributed by atoms with Gasteiger partial charge in [-0.15, -0.1) is 0 Å². The Hall–Kier alpha value is -1.09. The third-order valence-electron chi connectivity index (χ3n) is 2.95. The van der Waals surface area contributed by atoms with Gasteiger partial charge in [-0.3, -0.25) is 0 Å². The highest BCUT2D eigenvalue weighted by molar-refractivity contribution is 6.32. The van der Waals surface area contributed by atoms with Gasteiger partial charge in [0, 0.05) is 25.2 Å². The summed E-state index contributed by atoms with van der Waals surface area (Å²) in [5.41, 5.74) is 0.782. The lowest BCUT2D eigenvalue weighted by atomic mass is 10.1. The van der Waals surface area contributed by atoms with Gasteiger partial charge >= 0.3 is 0 Å². The maximum atomic E-state index is 9.94. The number of rotatable bonds is 2. The maximum Gasteiger partial charge on any atom is 0.157 e. The van der Waals surface area contributed by atoms with Crippen molar-refractivity contribution in [1.29, 1.82) is 0 Å². The van der Waals surface area contributed by atoms with Crippen LogP contribution >= 0.6 is 11.6 Å². The molecule has 2 rings (SSSR count). The number of nitrogens with zero attached hydrogens (tertiary/aromatic N) is 1. The number of phenols is 1. The first-order valence-electron chi connectivity index (χ1n) is 5.54. The summed E-state index contributed by atoms with van der Waals surface area (Å²) in [4.78, 5) is 2.16. The Bertz CT molecular complexity index is 376. The summed E-state index contributed by atoms with van der Waals surface area (Å²) >= 11 is 5.96. The number of benzene rings is 1. The van der Waals surface area contributed by atoms with Gasteiger partial charge in [-0.05, 0) is 19.3 Å². The van der Waals surface area contributed by atoms with E-state index in [2.05, 4.69) is 4.90 Å². The number of hydrogen-bond acceptors (Lipinski definition) is 3. The molecule has 1 heterocycles. The third-order valence-corrected chi connectivity index (χ3v) is 3.24. The van der Waals surface area contributed by atoms with E-state index in [1.165, 1.54) is 6.42 Å². The van der Waals surface area contributed by atoms with Crippen LogP contribution in [0.2, 0.25) is 5.02 Å². The molecular formula is C12H16ClNO2. The largest absolute Gasteiger partial charge is 0.504 e. The quantitative estimate of drug-likeness (QED) is 0.864. The lowest BCUT2D eigenvalue weighted by molar-refractivity contribution is 0.411. The van der Waals surface area contributed by atoms with Crippen molar-refractivity contribution < 1.29 is 9.84 Å². The Labute approximate surface area is 101 Å². The number of anilines is 1. The number of aromatic hydroxyl groups is 1. The van der Waals surface area contributed by atoms with Crippen LogP contribution in [-0.2, 0) is 0 Å². The van der Waals surface area contributed by atoms with Gasteiger partial charge < -0.3 is 14.7 Å². The standard InChI is InChI=1S/C12H16ClNO2/c1-16-9-7-10(13)12(15)11(8-9)14-5-3-2-4-6-14/h7-8,15H,2-6H2,1H3. The van der Waals surface area contributed by atoms with Gasteiger partial charge in [0.15, 0.2) is 5.75 Å². The lowest BCUT2D eigenvalue weighted by Crippen LogP contribution is -2.29. The minimum atomic E-state index is 0.157. The molecule has 0 saturated carbocycles. The minimum absolute atomic E-state index is 0.157. The predicted molar refractivity (Wildman–Crippen MR) is 65.7 cm³/mol. The molecule has 0 amide bonds. The van der Waals surface area contributed by atoms with Crippen molar-refractivity contribution in [3.8, 4) is 11.5 Å². The smallest absolute Gasteiger partial charge is 0.157 e. The van der Waals surface area contributed by atoms with Crippen LogP contribution in [0.3, 0.4) is 0 Å². The Morgan fingerprint density at radius 1 is 1.25 bits per heavy atom. The van der Waals surface area contributed by atoms with Crippen molar-refractivity contribution in [3.05, 3.63) is 17.2 Å². The topological polar surface area (TPSA) is 32.7 Å². The molecule has 0 atom stereocenters. The van der Waals surface area contributed by atoms with E-state index < -0.39 is 0 Å². The van der Waals surface area contributed by atoms with Crippen molar-refractivity contribution in [1.82, 2.24) is 0 Å². The summed E-state index contributed by atoms with van der Waals surface area (Å²) in [5, 5.41) is 10.3. The normalized spacial score (nSPS) is 16.2. The zero-order valence-electron chi connectivity index (χ0n) is 9.37. The molecule has 1 fully saturated rings.